The molecule has 6 heteroatoms. The van der Waals surface area contributed by atoms with Crippen molar-refractivity contribution in [3.8, 4) is 0 Å². The van der Waals surface area contributed by atoms with Crippen molar-refractivity contribution in [3.05, 3.63) is 10.5 Å². The summed E-state index contributed by atoms with van der Waals surface area (Å²) in [4.78, 5) is 23.1. The molecule has 3 rings (SSSR count). The van der Waals surface area contributed by atoms with Crippen molar-refractivity contribution in [1.29, 1.82) is 0 Å². The van der Waals surface area contributed by atoms with Crippen LogP contribution in [0.1, 0.15) is 38.6 Å². The van der Waals surface area contributed by atoms with Crippen molar-refractivity contribution in [2.45, 2.75) is 49.1 Å². The molecule has 1 aromatic heterocycles. The van der Waals surface area contributed by atoms with Crippen LogP contribution in [-0.2, 0) is 4.79 Å². The highest BCUT2D eigenvalue weighted by Gasteiger charge is 2.35. The fourth-order valence-electron chi connectivity index (χ4n) is 2.29. The molecule has 0 aliphatic heterocycles. The molecule has 0 aromatic carbocycles. The largest absolute Gasteiger partial charge is 0.344 e. The molecular weight excluding hydrogens is 238 g/mol. The van der Waals surface area contributed by atoms with Crippen LogP contribution in [0.5, 0.6) is 0 Å². The molecule has 1 heterocycles. The topological polar surface area (TPSA) is 67.8 Å². The predicted octanol–water partition coefficient (Wildman–Crippen LogP) is 1.37. The Hall–Kier alpha value is -1.04. The Labute approximate surface area is 103 Å². The summed E-state index contributed by atoms with van der Waals surface area (Å²) in [6.07, 6.45) is 3.69. The van der Waals surface area contributed by atoms with Crippen molar-refractivity contribution in [2.24, 2.45) is 5.92 Å². The molecule has 0 radical (unpaired) electrons. The lowest BCUT2D eigenvalue weighted by Gasteiger charge is -2.12. The zero-order valence-corrected chi connectivity index (χ0v) is 10.5. The summed E-state index contributed by atoms with van der Waals surface area (Å²) in [5, 5.41) is 7.61. The first kappa shape index (κ1) is 11.1. The minimum absolute atomic E-state index is 0.0828. The second-order valence-corrected chi connectivity index (χ2v) is 6.07. The number of ketones is 1. The predicted molar refractivity (Wildman–Crippen MR) is 64.2 cm³/mol. The van der Waals surface area contributed by atoms with Crippen molar-refractivity contribution in [3.63, 3.8) is 0 Å². The number of hydrogen-bond acceptors (Lipinski definition) is 4. The van der Waals surface area contributed by atoms with Crippen LogP contribution in [0.15, 0.2) is 9.95 Å². The molecule has 2 aliphatic rings. The Morgan fingerprint density at radius 3 is 2.71 bits per heavy atom. The summed E-state index contributed by atoms with van der Waals surface area (Å²) in [5.74, 6) is 0.415. The number of hydrogen-bond donors (Lipinski definition) is 1. The molecule has 17 heavy (non-hydrogen) atoms. The number of thioether (sulfide) groups is 1. The van der Waals surface area contributed by atoms with Gasteiger partial charge < -0.3 is 0 Å². The first-order chi connectivity index (χ1) is 8.16. The Morgan fingerprint density at radius 1 is 1.35 bits per heavy atom. The van der Waals surface area contributed by atoms with Crippen LogP contribution in [-0.4, -0.2) is 25.8 Å². The molecule has 0 saturated heterocycles. The molecule has 2 aliphatic carbocycles. The summed E-state index contributed by atoms with van der Waals surface area (Å²) in [5.41, 5.74) is -0.119. The van der Waals surface area contributed by atoms with Gasteiger partial charge in [0.2, 0.25) is 0 Å². The first-order valence-corrected chi connectivity index (χ1v) is 6.91. The van der Waals surface area contributed by atoms with E-state index in [0.717, 1.165) is 24.4 Å². The molecule has 0 bridgehead atoms. The Morgan fingerprint density at radius 2 is 2.12 bits per heavy atom. The van der Waals surface area contributed by atoms with E-state index in [2.05, 4.69) is 10.2 Å². The summed E-state index contributed by atoms with van der Waals surface area (Å²) in [6, 6.07) is 0.330. The van der Waals surface area contributed by atoms with Gasteiger partial charge in [-0.05, 0) is 19.3 Å². The third kappa shape index (κ3) is 1.94. The van der Waals surface area contributed by atoms with E-state index < -0.39 is 0 Å². The molecule has 2 atom stereocenters. The van der Waals surface area contributed by atoms with Crippen LogP contribution in [0.2, 0.25) is 0 Å². The van der Waals surface area contributed by atoms with E-state index in [1.165, 1.54) is 0 Å². The number of carbonyl (C=O) groups excluding carboxylic acids is 1. The van der Waals surface area contributed by atoms with Crippen LogP contribution in [0.4, 0.5) is 0 Å². The van der Waals surface area contributed by atoms with Crippen LogP contribution in [0.3, 0.4) is 0 Å². The summed E-state index contributed by atoms with van der Waals surface area (Å²) >= 11 is 1.58. The van der Waals surface area contributed by atoms with Gasteiger partial charge in [0.25, 0.3) is 0 Å². The molecule has 2 saturated carbocycles. The van der Waals surface area contributed by atoms with E-state index in [0.29, 0.717) is 18.2 Å². The van der Waals surface area contributed by atoms with Gasteiger partial charge in [-0.25, -0.2) is 9.89 Å². The first-order valence-electron chi connectivity index (χ1n) is 6.03. The average Bonchev–Trinajstić information content (AvgIpc) is 3.01. The number of aromatic nitrogens is 3. The fourth-order valence-corrected chi connectivity index (χ4v) is 3.60. The van der Waals surface area contributed by atoms with E-state index in [-0.39, 0.29) is 16.9 Å². The van der Waals surface area contributed by atoms with Gasteiger partial charge in [-0.2, -0.15) is 0 Å². The number of nitrogens with one attached hydrogen (secondary N) is 1. The van der Waals surface area contributed by atoms with Gasteiger partial charge in [0.1, 0.15) is 5.78 Å². The number of aromatic amines is 1. The number of carbonyl (C=O) groups is 1. The second kappa shape index (κ2) is 4.01. The van der Waals surface area contributed by atoms with Crippen LogP contribution in [0.25, 0.3) is 0 Å². The molecule has 2 unspecified atom stereocenters. The molecule has 0 spiro atoms. The van der Waals surface area contributed by atoms with Gasteiger partial charge in [-0.3, -0.25) is 9.36 Å². The summed E-state index contributed by atoms with van der Waals surface area (Å²) in [6.45, 7) is 1.97. The third-order valence-electron chi connectivity index (χ3n) is 3.58. The Balaban J connectivity index is 1.81. The molecule has 5 nitrogen and oxygen atoms in total. The van der Waals surface area contributed by atoms with E-state index in [1.54, 1.807) is 16.3 Å². The zero-order valence-electron chi connectivity index (χ0n) is 9.68. The van der Waals surface area contributed by atoms with Crippen molar-refractivity contribution in [2.75, 3.05) is 0 Å². The van der Waals surface area contributed by atoms with Crippen molar-refractivity contribution in [1.82, 2.24) is 14.8 Å². The SMILES string of the molecule is CC1C(=O)CCC1Sc1n[nH]c(=O)n1C1CC1. The Bertz CT molecular complexity index is 503. The fraction of sp³-hybridized carbons (Fsp3) is 0.727. The van der Waals surface area contributed by atoms with Gasteiger partial charge in [0.15, 0.2) is 5.16 Å². The van der Waals surface area contributed by atoms with Gasteiger partial charge in [-0.1, -0.05) is 18.7 Å². The molecule has 1 aromatic rings. The normalized spacial score (nSPS) is 28.9. The van der Waals surface area contributed by atoms with Gasteiger partial charge in [0, 0.05) is 23.6 Å². The summed E-state index contributed by atoms with van der Waals surface area (Å²) < 4.78 is 1.75. The van der Waals surface area contributed by atoms with Gasteiger partial charge >= 0.3 is 5.69 Å². The highest BCUT2D eigenvalue weighted by atomic mass is 32.2. The third-order valence-corrected chi connectivity index (χ3v) is 5.03. The summed E-state index contributed by atoms with van der Waals surface area (Å²) in [7, 11) is 0. The van der Waals surface area contributed by atoms with Gasteiger partial charge in [0.05, 0.1) is 0 Å². The van der Waals surface area contributed by atoms with Crippen molar-refractivity contribution < 1.29 is 4.79 Å². The van der Waals surface area contributed by atoms with E-state index in [9.17, 15) is 9.59 Å². The number of H-pyrrole nitrogens is 1. The monoisotopic (exact) mass is 253 g/mol. The number of Topliss-reactive ketones (excluding diaryl/α,β-unsaturated/α-hetero) is 1. The van der Waals surface area contributed by atoms with E-state index >= 15 is 0 Å². The highest BCUT2D eigenvalue weighted by molar-refractivity contribution is 7.99. The smallest absolute Gasteiger partial charge is 0.299 e. The minimum Gasteiger partial charge on any atom is -0.299 e. The van der Waals surface area contributed by atoms with E-state index in [1.807, 2.05) is 6.92 Å². The van der Waals surface area contributed by atoms with Gasteiger partial charge in [-0.15, -0.1) is 5.10 Å². The molecular formula is C11H15N3O2S. The van der Waals surface area contributed by atoms with Crippen LogP contribution in [0, 0.1) is 5.92 Å². The average molecular weight is 253 g/mol. The second-order valence-electron chi connectivity index (χ2n) is 4.86. The zero-order chi connectivity index (χ0) is 12.0. The lowest BCUT2D eigenvalue weighted by atomic mass is 10.1. The number of rotatable bonds is 3. The lowest BCUT2D eigenvalue weighted by Crippen LogP contribution is -2.18. The van der Waals surface area contributed by atoms with Crippen LogP contribution < -0.4 is 5.69 Å². The maximum absolute atomic E-state index is 11.6. The number of nitrogens with zero attached hydrogens (tertiary/aromatic N) is 2. The van der Waals surface area contributed by atoms with E-state index in [4.69, 9.17) is 0 Å². The molecule has 0 amide bonds. The molecule has 1 N–H and O–H groups in total. The quantitative estimate of drug-likeness (QED) is 0.883. The maximum atomic E-state index is 11.6. The lowest BCUT2D eigenvalue weighted by molar-refractivity contribution is -0.120. The van der Waals surface area contributed by atoms with Crippen LogP contribution >= 0.6 is 11.8 Å². The maximum Gasteiger partial charge on any atom is 0.344 e. The minimum atomic E-state index is -0.119. The highest BCUT2D eigenvalue weighted by Crippen LogP contribution is 2.40. The van der Waals surface area contributed by atoms with Crippen molar-refractivity contribution >= 4 is 17.5 Å². The molecule has 92 valence electrons. The Kier molecular flexibility index (Phi) is 2.61. The molecule has 2 fully saturated rings. The standard InChI is InChI=1S/C11H15N3O2S/c1-6-8(15)4-5-9(6)17-11-13-12-10(16)14(11)7-2-3-7/h6-7,9H,2-5H2,1H3,(H,12,16).